The first-order valence-corrected chi connectivity index (χ1v) is 7.44. The van der Waals surface area contributed by atoms with E-state index in [-0.39, 0.29) is 22.6 Å². The maximum Gasteiger partial charge on any atom is 0.225 e. The van der Waals surface area contributed by atoms with E-state index in [1.807, 2.05) is 41.5 Å². The minimum atomic E-state index is -1.27. The summed E-state index contributed by atoms with van der Waals surface area (Å²) >= 11 is -1.27. The van der Waals surface area contributed by atoms with Crippen LogP contribution in [0.1, 0.15) is 48.0 Å². The third kappa shape index (κ3) is 5.40. The largest absolute Gasteiger partial charge is 0.591 e. The summed E-state index contributed by atoms with van der Waals surface area (Å²) in [6.07, 6.45) is 2.42. The van der Waals surface area contributed by atoms with Crippen LogP contribution in [-0.2, 0) is 16.2 Å². The highest BCUT2D eigenvalue weighted by Crippen LogP contribution is 2.16. The highest BCUT2D eigenvalue weighted by molar-refractivity contribution is 7.91. The third-order valence-electron chi connectivity index (χ3n) is 2.89. The lowest BCUT2D eigenvalue weighted by molar-refractivity contribution is -0.134. The molecule has 0 aromatic heterocycles. The van der Waals surface area contributed by atoms with Crippen molar-refractivity contribution in [3.05, 3.63) is 0 Å². The van der Waals surface area contributed by atoms with Gasteiger partial charge in [0.15, 0.2) is 0 Å². The van der Waals surface area contributed by atoms with E-state index in [1.54, 1.807) is 18.2 Å². The van der Waals surface area contributed by atoms with Crippen LogP contribution >= 0.6 is 0 Å². The number of rotatable bonds is 5. The van der Waals surface area contributed by atoms with Crippen molar-refractivity contribution in [1.82, 2.24) is 4.90 Å². The van der Waals surface area contributed by atoms with Gasteiger partial charge in [-0.1, -0.05) is 18.2 Å². The third-order valence-corrected chi connectivity index (χ3v) is 4.25. The van der Waals surface area contributed by atoms with Crippen LogP contribution in [0.4, 0.5) is 0 Å². The fourth-order valence-corrected chi connectivity index (χ4v) is 1.73. The van der Waals surface area contributed by atoms with E-state index in [0.29, 0.717) is 0 Å². The predicted octanol–water partition coefficient (Wildman–Crippen LogP) is 2.41. The van der Waals surface area contributed by atoms with E-state index >= 15 is 0 Å². The van der Waals surface area contributed by atoms with E-state index in [1.165, 1.54) is 0 Å². The van der Waals surface area contributed by atoms with Gasteiger partial charge in [-0.25, -0.2) is 0 Å². The van der Waals surface area contributed by atoms with Gasteiger partial charge in [0.05, 0.1) is 12.3 Å². The molecule has 0 rings (SSSR count). The van der Waals surface area contributed by atoms with Crippen molar-refractivity contribution in [2.24, 2.45) is 10.3 Å². The second kappa shape index (κ2) is 7.14. The Morgan fingerprint density at radius 3 is 2.33 bits per heavy atom. The molecule has 5 heteroatoms. The molecular formula is C13H26N2O2S. The number of hydrogen-bond donors (Lipinski definition) is 0. The van der Waals surface area contributed by atoms with Gasteiger partial charge in [0, 0.05) is 13.0 Å². The van der Waals surface area contributed by atoms with Gasteiger partial charge in [0.25, 0.3) is 0 Å². The van der Waals surface area contributed by atoms with Gasteiger partial charge in [0.1, 0.15) is 16.1 Å². The highest BCUT2D eigenvalue weighted by Gasteiger charge is 2.26. The van der Waals surface area contributed by atoms with Crippen molar-refractivity contribution in [1.29, 1.82) is 0 Å². The van der Waals surface area contributed by atoms with Crippen LogP contribution in [0.15, 0.2) is 4.40 Å². The fourth-order valence-electron chi connectivity index (χ4n) is 1.12. The zero-order chi connectivity index (χ0) is 14.5. The highest BCUT2D eigenvalue weighted by atomic mass is 32.2. The molecule has 4 nitrogen and oxygen atoms in total. The van der Waals surface area contributed by atoms with Crippen molar-refractivity contribution < 1.29 is 9.35 Å². The summed E-state index contributed by atoms with van der Waals surface area (Å²) in [6.45, 7) is 11.4. The second-order valence-corrected chi connectivity index (χ2v) is 7.55. The van der Waals surface area contributed by atoms with Gasteiger partial charge in [-0.2, -0.15) is 0 Å². The number of carbonyl (C=O) groups is 1. The minimum absolute atomic E-state index is 0.0129. The Hall–Kier alpha value is -0.550. The molecule has 0 aliphatic rings. The molecule has 0 saturated heterocycles. The zero-order valence-electron chi connectivity index (χ0n) is 12.6. The predicted molar refractivity (Wildman–Crippen MR) is 78.1 cm³/mol. The Morgan fingerprint density at radius 2 is 1.94 bits per heavy atom. The number of hydrogen-bond acceptors (Lipinski definition) is 3. The maximum absolute atomic E-state index is 11.9. The lowest BCUT2D eigenvalue weighted by Gasteiger charge is -2.25. The fraction of sp³-hybridized carbons (Fsp3) is 0.846. The van der Waals surface area contributed by atoms with E-state index in [9.17, 15) is 9.35 Å². The lowest BCUT2D eigenvalue weighted by Crippen LogP contribution is -2.39. The van der Waals surface area contributed by atoms with Crippen molar-refractivity contribution >= 4 is 23.5 Å². The van der Waals surface area contributed by atoms with E-state index in [4.69, 9.17) is 0 Å². The first-order valence-electron chi connectivity index (χ1n) is 6.34. The molecular weight excluding hydrogens is 248 g/mol. The van der Waals surface area contributed by atoms with Gasteiger partial charge in [-0.3, -0.25) is 4.79 Å². The second-order valence-electron chi connectivity index (χ2n) is 5.62. The molecule has 0 fully saturated rings. The molecule has 106 valence electrons. The average molecular weight is 274 g/mol. The zero-order valence-corrected chi connectivity index (χ0v) is 13.4. The molecule has 0 aliphatic heterocycles. The Bertz CT molecular complexity index is 300. The maximum atomic E-state index is 11.9. The summed E-state index contributed by atoms with van der Waals surface area (Å²) in [5.41, 5.74) is 0. The van der Waals surface area contributed by atoms with Crippen molar-refractivity contribution in [3.8, 4) is 0 Å². The van der Waals surface area contributed by atoms with Gasteiger partial charge < -0.3 is 9.45 Å². The van der Waals surface area contributed by atoms with Crippen LogP contribution in [0.3, 0.4) is 0 Å². The summed E-state index contributed by atoms with van der Waals surface area (Å²) in [7, 11) is 1.76. The molecule has 0 spiro atoms. The summed E-state index contributed by atoms with van der Waals surface area (Å²) in [5, 5.41) is 0. The molecule has 0 bridgehead atoms. The van der Waals surface area contributed by atoms with Gasteiger partial charge in [-0.05, 0) is 34.1 Å². The smallest absolute Gasteiger partial charge is 0.225 e. The first-order chi connectivity index (χ1) is 8.11. The van der Waals surface area contributed by atoms with Gasteiger partial charge in [0.2, 0.25) is 5.91 Å². The number of carbonyl (C=O) groups excluding carboxylic acids is 1. The molecule has 0 heterocycles. The number of nitrogens with zero attached hydrogens (tertiary/aromatic N) is 2. The topological polar surface area (TPSA) is 55.7 Å². The van der Waals surface area contributed by atoms with Crippen LogP contribution in [0.5, 0.6) is 0 Å². The standard InChI is InChI=1S/C13H26N2O2S/c1-8-10(2)12(16)15(7)11(3)9-14-18(17)13(4,5)6/h9-11H,8H2,1-7H3. The Labute approximate surface area is 114 Å². The van der Waals surface area contributed by atoms with Crippen LogP contribution in [0.25, 0.3) is 0 Å². The summed E-state index contributed by atoms with van der Waals surface area (Å²) in [4.78, 5) is 13.6. The molecule has 0 aliphatic carbocycles. The quantitative estimate of drug-likeness (QED) is 0.571. The summed E-state index contributed by atoms with van der Waals surface area (Å²) in [5.74, 6) is 0.108. The molecule has 0 saturated carbocycles. The van der Waals surface area contributed by atoms with Crippen LogP contribution in [0, 0.1) is 5.92 Å². The van der Waals surface area contributed by atoms with E-state index in [2.05, 4.69) is 4.40 Å². The van der Waals surface area contributed by atoms with Crippen LogP contribution in [-0.4, -0.2) is 39.4 Å². The van der Waals surface area contributed by atoms with Crippen molar-refractivity contribution in [2.75, 3.05) is 7.05 Å². The Kier molecular flexibility index (Phi) is 6.92. The van der Waals surface area contributed by atoms with Crippen LogP contribution < -0.4 is 0 Å². The molecule has 18 heavy (non-hydrogen) atoms. The van der Waals surface area contributed by atoms with Crippen molar-refractivity contribution in [3.63, 3.8) is 0 Å². The molecule has 1 amide bonds. The number of amides is 1. The Balaban J connectivity index is 4.54. The molecule has 3 unspecified atom stereocenters. The van der Waals surface area contributed by atoms with E-state index in [0.717, 1.165) is 6.42 Å². The average Bonchev–Trinajstić information content (AvgIpc) is 2.31. The summed E-state index contributed by atoms with van der Waals surface area (Å²) in [6, 6.07) is -0.141. The van der Waals surface area contributed by atoms with Gasteiger partial charge >= 0.3 is 0 Å². The monoisotopic (exact) mass is 274 g/mol. The molecule has 3 atom stereocenters. The molecule has 0 aromatic carbocycles. The van der Waals surface area contributed by atoms with Crippen molar-refractivity contribution in [2.45, 2.75) is 58.8 Å². The Morgan fingerprint density at radius 1 is 1.44 bits per heavy atom. The van der Waals surface area contributed by atoms with Crippen LogP contribution in [0.2, 0.25) is 0 Å². The lowest BCUT2D eigenvalue weighted by atomic mass is 10.1. The molecule has 0 N–H and O–H groups in total. The first kappa shape index (κ1) is 17.4. The minimum Gasteiger partial charge on any atom is -0.591 e. The molecule has 0 aromatic rings. The normalized spacial score (nSPS) is 17.6. The molecule has 0 radical (unpaired) electrons. The van der Waals surface area contributed by atoms with E-state index < -0.39 is 11.4 Å². The SMILES string of the molecule is CCC(C)C(=O)N(C)C(C)C=N[S+]([O-])C(C)(C)C. The van der Waals surface area contributed by atoms with Gasteiger partial charge in [-0.15, -0.1) is 0 Å². The summed E-state index contributed by atoms with van der Waals surface area (Å²) < 4.78 is 15.4.